The molecule has 160 valence electrons. The molecule has 1 saturated carbocycles. The number of rotatable bonds is 7. The highest BCUT2D eigenvalue weighted by atomic mass is 16.5. The largest absolute Gasteiger partial charge is 0.493 e. The average Bonchev–Trinajstić information content (AvgIpc) is 3.25. The molecule has 0 heterocycles. The summed E-state index contributed by atoms with van der Waals surface area (Å²) in [6, 6.07) is 13.7. The second kappa shape index (κ2) is 9.65. The van der Waals surface area contributed by atoms with E-state index >= 15 is 0 Å². The molecule has 3 rings (SSSR count). The molecule has 0 saturated heterocycles. The number of hydrogen-bond acceptors (Lipinski definition) is 4. The number of carbonyl (C=O) groups excluding carboxylic acids is 2. The van der Waals surface area contributed by atoms with E-state index in [1.165, 1.54) is 0 Å². The van der Waals surface area contributed by atoms with Gasteiger partial charge in [-0.15, -0.1) is 0 Å². The van der Waals surface area contributed by atoms with Crippen LogP contribution < -0.4 is 14.8 Å². The monoisotopic (exact) mass is 410 g/mol. The second-order valence-electron chi connectivity index (χ2n) is 7.65. The standard InChI is InChI=1S/C24H30N2O4/c1-5-23(27)25-19-11-12-20(15-19)26(2)24(28)17-8-6-16(7-9-17)18-10-13-21(29-3)22(14-18)30-4/h6-10,13-14,19-20H,5,11-12,15H2,1-4H3,(H,25,27)/t19-,20+/m0/s1. The van der Waals surface area contributed by atoms with Gasteiger partial charge in [0.2, 0.25) is 5.91 Å². The number of methoxy groups -OCH3 is 2. The van der Waals surface area contributed by atoms with Gasteiger partial charge in [-0.05, 0) is 54.7 Å². The summed E-state index contributed by atoms with van der Waals surface area (Å²) in [6.07, 6.45) is 3.10. The Balaban J connectivity index is 1.67. The van der Waals surface area contributed by atoms with Gasteiger partial charge < -0.3 is 19.7 Å². The zero-order valence-electron chi connectivity index (χ0n) is 18.1. The first kappa shape index (κ1) is 21.7. The van der Waals surface area contributed by atoms with Gasteiger partial charge in [0, 0.05) is 31.1 Å². The number of carbonyl (C=O) groups is 2. The Morgan fingerprint density at radius 3 is 2.30 bits per heavy atom. The minimum absolute atomic E-state index is 0.00123. The molecule has 0 radical (unpaired) electrons. The van der Waals surface area contributed by atoms with E-state index in [1.807, 2.05) is 61.3 Å². The molecule has 2 aromatic carbocycles. The highest BCUT2D eigenvalue weighted by Gasteiger charge is 2.30. The summed E-state index contributed by atoms with van der Waals surface area (Å²) in [5.41, 5.74) is 2.64. The SMILES string of the molecule is CCC(=O)N[C@H]1CC[C@@H](N(C)C(=O)c2ccc(-c3ccc(OC)c(OC)c3)cc2)C1. The maximum absolute atomic E-state index is 13.0. The molecule has 1 fully saturated rings. The number of nitrogens with one attached hydrogen (secondary N) is 1. The van der Waals surface area contributed by atoms with E-state index < -0.39 is 0 Å². The third-order valence-corrected chi connectivity index (χ3v) is 5.81. The van der Waals surface area contributed by atoms with Crippen LogP contribution in [0.15, 0.2) is 42.5 Å². The van der Waals surface area contributed by atoms with E-state index in [0.717, 1.165) is 30.4 Å². The maximum Gasteiger partial charge on any atom is 0.253 e. The number of nitrogens with zero attached hydrogens (tertiary/aromatic N) is 1. The molecular weight excluding hydrogens is 380 g/mol. The number of benzene rings is 2. The Bertz CT molecular complexity index is 895. The van der Waals surface area contributed by atoms with Gasteiger partial charge in [0.05, 0.1) is 14.2 Å². The van der Waals surface area contributed by atoms with Crippen molar-refractivity contribution in [2.75, 3.05) is 21.3 Å². The van der Waals surface area contributed by atoms with Crippen LogP contribution in [-0.4, -0.2) is 50.1 Å². The lowest BCUT2D eigenvalue weighted by atomic mass is 10.0. The Hall–Kier alpha value is -3.02. The van der Waals surface area contributed by atoms with Crippen LogP contribution in [0.3, 0.4) is 0 Å². The molecule has 6 heteroatoms. The second-order valence-corrected chi connectivity index (χ2v) is 7.65. The van der Waals surface area contributed by atoms with Crippen molar-refractivity contribution in [1.29, 1.82) is 0 Å². The summed E-state index contributed by atoms with van der Waals surface area (Å²) < 4.78 is 10.7. The van der Waals surface area contributed by atoms with Crippen LogP contribution >= 0.6 is 0 Å². The van der Waals surface area contributed by atoms with Gasteiger partial charge in [0.25, 0.3) is 5.91 Å². The fraction of sp³-hybridized carbons (Fsp3) is 0.417. The van der Waals surface area contributed by atoms with Crippen molar-refractivity contribution in [3.05, 3.63) is 48.0 Å². The summed E-state index contributed by atoms with van der Waals surface area (Å²) in [5, 5.41) is 3.04. The molecule has 1 aliphatic rings. The predicted molar refractivity (Wildman–Crippen MR) is 117 cm³/mol. The smallest absolute Gasteiger partial charge is 0.253 e. The van der Waals surface area contributed by atoms with Crippen LogP contribution in [0.5, 0.6) is 11.5 Å². The van der Waals surface area contributed by atoms with E-state index in [-0.39, 0.29) is 23.9 Å². The molecule has 2 atom stereocenters. The van der Waals surface area contributed by atoms with E-state index in [2.05, 4.69) is 5.32 Å². The Kier molecular flexibility index (Phi) is 6.98. The molecule has 1 aliphatic carbocycles. The van der Waals surface area contributed by atoms with E-state index in [9.17, 15) is 9.59 Å². The first-order valence-electron chi connectivity index (χ1n) is 10.4. The van der Waals surface area contributed by atoms with E-state index in [4.69, 9.17) is 9.47 Å². The van der Waals surface area contributed by atoms with Gasteiger partial charge in [-0.1, -0.05) is 25.1 Å². The van der Waals surface area contributed by atoms with Gasteiger partial charge in [0.1, 0.15) is 0 Å². The fourth-order valence-corrected chi connectivity index (χ4v) is 3.96. The maximum atomic E-state index is 13.0. The molecule has 1 N–H and O–H groups in total. The van der Waals surface area contributed by atoms with Crippen LogP contribution in [0.2, 0.25) is 0 Å². The van der Waals surface area contributed by atoms with Crippen molar-refractivity contribution < 1.29 is 19.1 Å². The lowest BCUT2D eigenvalue weighted by Crippen LogP contribution is -2.38. The van der Waals surface area contributed by atoms with Gasteiger partial charge in [-0.25, -0.2) is 0 Å². The first-order chi connectivity index (χ1) is 14.5. The molecule has 6 nitrogen and oxygen atoms in total. The molecular formula is C24H30N2O4. The van der Waals surface area contributed by atoms with Crippen LogP contribution in [0.25, 0.3) is 11.1 Å². The van der Waals surface area contributed by atoms with E-state index in [0.29, 0.717) is 23.5 Å². The Morgan fingerprint density at radius 2 is 1.67 bits per heavy atom. The fourth-order valence-electron chi connectivity index (χ4n) is 3.96. The third kappa shape index (κ3) is 4.75. The molecule has 0 unspecified atom stereocenters. The van der Waals surface area contributed by atoms with Crippen LogP contribution in [-0.2, 0) is 4.79 Å². The normalized spacial score (nSPS) is 18.0. The van der Waals surface area contributed by atoms with Crippen molar-refractivity contribution >= 4 is 11.8 Å². The van der Waals surface area contributed by atoms with Crippen molar-refractivity contribution in [3.8, 4) is 22.6 Å². The van der Waals surface area contributed by atoms with Gasteiger partial charge >= 0.3 is 0 Å². The number of hydrogen-bond donors (Lipinski definition) is 1. The van der Waals surface area contributed by atoms with Crippen molar-refractivity contribution in [1.82, 2.24) is 10.2 Å². The zero-order valence-corrected chi connectivity index (χ0v) is 18.1. The summed E-state index contributed by atoms with van der Waals surface area (Å²) in [6.45, 7) is 1.85. The average molecular weight is 411 g/mol. The summed E-state index contributed by atoms with van der Waals surface area (Å²) in [7, 11) is 5.07. The Morgan fingerprint density at radius 1 is 1.00 bits per heavy atom. The van der Waals surface area contributed by atoms with Crippen LogP contribution in [0.1, 0.15) is 43.0 Å². The topological polar surface area (TPSA) is 67.9 Å². The number of amides is 2. The predicted octanol–water partition coefficient (Wildman–Crippen LogP) is 3.89. The van der Waals surface area contributed by atoms with Crippen molar-refractivity contribution in [3.63, 3.8) is 0 Å². The molecule has 0 bridgehead atoms. The minimum Gasteiger partial charge on any atom is -0.493 e. The molecule has 2 aromatic rings. The van der Waals surface area contributed by atoms with E-state index in [1.54, 1.807) is 14.2 Å². The Labute approximate surface area is 178 Å². The molecule has 0 aliphatic heterocycles. The first-order valence-corrected chi connectivity index (χ1v) is 10.4. The van der Waals surface area contributed by atoms with Crippen molar-refractivity contribution in [2.45, 2.75) is 44.7 Å². The quantitative estimate of drug-likeness (QED) is 0.752. The van der Waals surface area contributed by atoms with Gasteiger partial charge in [0.15, 0.2) is 11.5 Å². The molecule has 0 spiro atoms. The summed E-state index contributed by atoms with van der Waals surface area (Å²) in [4.78, 5) is 26.4. The highest BCUT2D eigenvalue weighted by Crippen LogP contribution is 2.32. The minimum atomic E-state index is 0.00123. The van der Waals surface area contributed by atoms with Crippen molar-refractivity contribution in [2.24, 2.45) is 0 Å². The summed E-state index contributed by atoms with van der Waals surface area (Å²) in [5.74, 6) is 1.42. The van der Waals surface area contributed by atoms with Gasteiger partial charge in [-0.3, -0.25) is 9.59 Å². The third-order valence-electron chi connectivity index (χ3n) is 5.81. The highest BCUT2D eigenvalue weighted by molar-refractivity contribution is 5.94. The lowest BCUT2D eigenvalue weighted by Gasteiger charge is -2.25. The summed E-state index contributed by atoms with van der Waals surface area (Å²) >= 11 is 0. The number of ether oxygens (including phenoxy) is 2. The molecule has 30 heavy (non-hydrogen) atoms. The molecule has 2 amide bonds. The van der Waals surface area contributed by atoms with Gasteiger partial charge in [-0.2, -0.15) is 0 Å². The van der Waals surface area contributed by atoms with Crippen LogP contribution in [0.4, 0.5) is 0 Å². The van der Waals surface area contributed by atoms with Crippen LogP contribution in [0, 0.1) is 0 Å². The molecule has 0 aromatic heterocycles. The zero-order chi connectivity index (χ0) is 21.7. The lowest BCUT2D eigenvalue weighted by molar-refractivity contribution is -0.121.